The van der Waals surface area contributed by atoms with Gasteiger partial charge in [0.15, 0.2) is 0 Å². The van der Waals surface area contributed by atoms with Crippen molar-refractivity contribution in [3.63, 3.8) is 0 Å². The quantitative estimate of drug-likeness (QED) is 0.707. The monoisotopic (exact) mass is 272 g/mol. The van der Waals surface area contributed by atoms with Crippen LogP contribution in [0, 0.1) is 0 Å². The summed E-state index contributed by atoms with van der Waals surface area (Å²) in [5, 5.41) is 14.5. The van der Waals surface area contributed by atoms with E-state index in [1.165, 1.54) is 0 Å². The number of carbonyl (C=O) groups is 2. The first kappa shape index (κ1) is 15.8. The van der Waals surface area contributed by atoms with E-state index in [-0.39, 0.29) is 18.0 Å². The summed E-state index contributed by atoms with van der Waals surface area (Å²) in [6.45, 7) is 6.95. The second-order valence-corrected chi connectivity index (χ2v) is 6.03. The van der Waals surface area contributed by atoms with E-state index in [1.54, 1.807) is 0 Å². The molecule has 0 saturated carbocycles. The topological polar surface area (TPSA) is 87.7 Å². The van der Waals surface area contributed by atoms with Crippen LogP contribution in [0.1, 0.15) is 46.5 Å². The molecule has 1 fully saturated rings. The zero-order valence-corrected chi connectivity index (χ0v) is 11.9. The molecule has 2 amide bonds. The van der Waals surface area contributed by atoms with Gasteiger partial charge in [0.05, 0.1) is 0 Å². The Hall–Kier alpha value is -1.30. The maximum absolute atomic E-state index is 12.0. The summed E-state index contributed by atoms with van der Waals surface area (Å²) in [4.78, 5) is 22.5. The third-order valence-corrected chi connectivity index (χ3v) is 3.43. The number of amides is 2. The normalized spacial score (nSPS) is 18.7. The van der Waals surface area contributed by atoms with E-state index in [0.717, 1.165) is 12.8 Å². The fourth-order valence-electron chi connectivity index (χ4n) is 2.04. The molecule has 0 aromatic rings. The van der Waals surface area contributed by atoms with Gasteiger partial charge in [-0.25, -0.2) is 4.79 Å². The van der Waals surface area contributed by atoms with Crippen LogP contribution in [0.2, 0.25) is 0 Å². The van der Waals surface area contributed by atoms with E-state index in [1.807, 2.05) is 20.8 Å². The fourth-order valence-corrected chi connectivity index (χ4v) is 2.04. The molecule has 19 heavy (non-hydrogen) atoms. The van der Waals surface area contributed by atoms with E-state index in [2.05, 4.69) is 10.6 Å². The molecule has 3 N–H and O–H groups in total. The second-order valence-electron chi connectivity index (χ2n) is 6.03. The predicted molar refractivity (Wildman–Crippen MR) is 71.1 cm³/mol. The van der Waals surface area contributed by atoms with Crippen LogP contribution in [0.4, 0.5) is 4.79 Å². The van der Waals surface area contributed by atoms with E-state index < -0.39 is 11.5 Å². The Morgan fingerprint density at radius 3 is 2.42 bits per heavy atom. The molecule has 6 nitrogen and oxygen atoms in total. The van der Waals surface area contributed by atoms with Crippen LogP contribution in [0.5, 0.6) is 0 Å². The van der Waals surface area contributed by atoms with Crippen LogP contribution in [0.3, 0.4) is 0 Å². The number of ether oxygens (including phenoxy) is 1. The maximum Gasteiger partial charge on any atom is 0.315 e. The van der Waals surface area contributed by atoms with Crippen LogP contribution in [-0.2, 0) is 9.53 Å². The SMILES string of the molecule is CC(C)(CCC(=O)O)NC(=O)NC1(C)CCOCC1. The molecule has 6 heteroatoms. The third-order valence-electron chi connectivity index (χ3n) is 3.43. The molecule has 110 valence electrons. The molecule has 0 spiro atoms. The first-order valence-electron chi connectivity index (χ1n) is 6.62. The Morgan fingerprint density at radius 1 is 1.32 bits per heavy atom. The van der Waals surface area contributed by atoms with Gasteiger partial charge < -0.3 is 20.5 Å². The van der Waals surface area contributed by atoms with Gasteiger partial charge in [0.25, 0.3) is 0 Å². The Labute approximate surface area is 113 Å². The van der Waals surface area contributed by atoms with E-state index in [9.17, 15) is 9.59 Å². The number of aliphatic carboxylic acids is 1. The Bertz CT molecular complexity index is 336. The lowest BCUT2D eigenvalue weighted by Crippen LogP contribution is -2.57. The number of carboxylic acid groups (broad SMARTS) is 1. The van der Waals surface area contributed by atoms with Crippen molar-refractivity contribution in [3.05, 3.63) is 0 Å². The predicted octanol–water partition coefficient (Wildman–Crippen LogP) is 1.50. The minimum absolute atomic E-state index is 0.0401. The second kappa shape index (κ2) is 6.23. The number of urea groups is 1. The van der Waals surface area contributed by atoms with Crippen molar-refractivity contribution >= 4 is 12.0 Å². The molecule has 0 aromatic heterocycles. The first-order valence-corrected chi connectivity index (χ1v) is 6.62. The standard InChI is InChI=1S/C13H24N2O4/c1-12(2,5-4-10(16)17)14-11(18)15-13(3)6-8-19-9-7-13/h4-9H2,1-3H3,(H,16,17)(H2,14,15,18). The van der Waals surface area contributed by atoms with Gasteiger partial charge >= 0.3 is 12.0 Å². The van der Waals surface area contributed by atoms with Crippen LogP contribution in [0.25, 0.3) is 0 Å². The zero-order valence-electron chi connectivity index (χ0n) is 11.9. The maximum atomic E-state index is 12.0. The molecule has 1 aliphatic heterocycles. The average Bonchev–Trinajstić information content (AvgIpc) is 2.25. The molecule has 1 saturated heterocycles. The average molecular weight is 272 g/mol. The lowest BCUT2D eigenvalue weighted by molar-refractivity contribution is -0.137. The summed E-state index contributed by atoms with van der Waals surface area (Å²) in [5.41, 5.74) is -0.783. The Kier molecular flexibility index (Phi) is 5.17. The van der Waals surface area contributed by atoms with Gasteiger partial charge in [-0.3, -0.25) is 4.79 Å². The van der Waals surface area contributed by atoms with Crippen LogP contribution in [0.15, 0.2) is 0 Å². The molecule has 0 unspecified atom stereocenters. The highest BCUT2D eigenvalue weighted by atomic mass is 16.5. The highest BCUT2D eigenvalue weighted by molar-refractivity contribution is 5.75. The van der Waals surface area contributed by atoms with Crippen molar-refractivity contribution in [1.29, 1.82) is 0 Å². The summed E-state index contributed by atoms with van der Waals surface area (Å²) >= 11 is 0. The summed E-state index contributed by atoms with van der Waals surface area (Å²) in [7, 11) is 0. The number of hydrogen-bond acceptors (Lipinski definition) is 3. The van der Waals surface area contributed by atoms with Crippen molar-refractivity contribution in [2.75, 3.05) is 13.2 Å². The molecule has 0 aromatic carbocycles. The first-order chi connectivity index (χ1) is 8.72. The lowest BCUT2D eigenvalue weighted by Gasteiger charge is -2.36. The van der Waals surface area contributed by atoms with Gasteiger partial charge in [-0.15, -0.1) is 0 Å². The number of nitrogens with one attached hydrogen (secondary N) is 2. The van der Waals surface area contributed by atoms with Crippen molar-refractivity contribution in [1.82, 2.24) is 10.6 Å². The van der Waals surface area contributed by atoms with Crippen LogP contribution in [-0.4, -0.2) is 41.4 Å². The van der Waals surface area contributed by atoms with Gasteiger partial charge in [-0.1, -0.05) is 0 Å². The zero-order chi connectivity index (χ0) is 14.5. The summed E-state index contributed by atoms with van der Waals surface area (Å²) in [5.74, 6) is -0.855. The molecule has 0 bridgehead atoms. The van der Waals surface area contributed by atoms with E-state index >= 15 is 0 Å². The fraction of sp³-hybridized carbons (Fsp3) is 0.846. The summed E-state index contributed by atoms with van der Waals surface area (Å²) < 4.78 is 5.28. The van der Waals surface area contributed by atoms with Crippen LogP contribution >= 0.6 is 0 Å². The molecule has 0 radical (unpaired) electrons. The number of hydrogen-bond donors (Lipinski definition) is 3. The summed E-state index contributed by atoms with van der Waals surface area (Å²) in [6, 6.07) is -0.250. The van der Waals surface area contributed by atoms with Crippen molar-refractivity contribution < 1.29 is 19.4 Å². The van der Waals surface area contributed by atoms with Crippen molar-refractivity contribution in [3.8, 4) is 0 Å². The van der Waals surface area contributed by atoms with E-state index in [4.69, 9.17) is 9.84 Å². The Balaban J connectivity index is 2.42. The highest BCUT2D eigenvalue weighted by Gasteiger charge is 2.30. The highest BCUT2D eigenvalue weighted by Crippen LogP contribution is 2.20. The van der Waals surface area contributed by atoms with Gasteiger partial charge in [0, 0.05) is 30.7 Å². The third kappa shape index (κ3) is 5.92. The number of carboxylic acids is 1. The molecular formula is C13H24N2O4. The van der Waals surface area contributed by atoms with Crippen molar-refractivity contribution in [2.24, 2.45) is 0 Å². The molecule has 1 rings (SSSR count). The lowest BCUT2D eigenvalue weighted by atomic mass is 9.92. The minimum atomic E-state index is -0.855. The molecule has 1 heterocycles. The van der Waals surface area contributed by atoms with Gasteiger partial charge in [0.2, 0.25) is 0 Å². The largest absolute Gasteiger partial charge is 0.481 e. The van der Waals surface area contributed by atoms with Gasteiger partial charge in [0.1, 0.15) is 0 Å². The Morgan fingerprint density at radius 2 is 1.89 bits per heavy atom. The molecule has 0 aliphatic carbocycles. The van der Waals surface area contributed by atoms with Gasteiger partial charge in [-0.05, 0) is 40.0 Å². The minimum Gasteiger partial charge on any atom is -0.481 e. The van der Waals surface area contributed by atoms with Crippen LogP contribution < -0.4 is 10.6 Å². The summed E-state index contributed by atoms with van der Waals surface area (Å²) in [6.07, 6.45) is 2.01. The molecule has 1 aliphatic rings. The van der Waals surface area contributed by atoms with Crippen molar-refractivity contribution in [2.45, 2.75) is 57.5 Å². The molecular weight excluding hydrogens is 248 g/mol. The molecule has 0 atom stereocenters. The van der Waals surface area contributed by atoms with Gasteiger partial charge in [-0.2, -0.15) is 0 Å². The number of carbonyl (C=O) groups excluding carboxylic acids is 1. The van der Waals surface area contributed by atoms with E-state index in [0.29, 0.717) is 19.6 Å². The number of rotatable bonds is 5. The smallest absolute Gasteiger partial charge is 0.315 e.